The molecular weight excluding hydrogens is 224 g/mol. The second-order valence-electron chi connectivity index (χ2n) is 4.56. The van der Waals surface area contributed by atoms with Crippen LogP contribution in [0.3, 0.4) is 0 Å². The third-order valence-electron chi connectivity index (χ3n) is 3.20. The summed E-state index contributed by atoms with van der Waals surface area (Å²) >= 11 is 0. The highest BCUT2D eigenvalue weighted by Crippen LogP contribution is 2.16. The summed E-state index contributed by atoms with van der Waals surface area (Å²) in [6.45, 7) is 9.01. The highest BCUT2D eigenvalue weighted by atomic mass is 16.1. The maximum atomic E-state index is 10.6. The summed E-state index contributed by atoms with van der Waals surface area (Å²) in [4.78, 5) is 17.3. The largest absolute Gasteiger partial charge is 0.303 e. The van der Waals surface area contributed by atoms with Gasteiger partial charge in [-0.25, -0.2) is 0 Å². The molecule has 18 heavy (non-hydrogen) atoms. The van der Waals surface area contributed by atoms with Crippen molar-refractivity contribution in [3.05, 3.63) is 29.6 Å². The Morgan fingerprint density at radius 3 is 2.50 bits per heavy atom. The predicted molar refractivity (Wildman–Crippen MR) is 74.4 cm³/mol. The van der Waals surface area contributed by atoms with E-state index >= 15 is 0 Å². The molecule has 2 rings (SSSR count). The van der Waals surface area contributed by atoms with Crippen LogP contribution in [0.5, 0.6) is 0 Å². The van der Waals surface area contributed by atoms with E-state index < -0.39 is 0 Å². The van der Waals surface area contributed by atoms with Crippen LogP contribution in [-0.4, -0.2) is 29.3 Å². The predicted octanol–water partition coefficient (Wildman–Crippen LogP) is 2.83. The van der Waals surface area contributed by atoms with E-state index in [9.17, 15) is 4.79 Å². The average Bonchev–Trinajstić information content (AvgIpc) is 2.44. The van der Waals surface area contributed by atoms with Gasteiger partial charge < -0.3 is 4.79 Å². The topological polar surface area (TPSA) is 33.2 Å². The van der Waals surface area contributed by atoms with E-state index in [4.69, 9.17) is 0 Å². The van der Waals surface area contributed by atoms with Gasteiger partial charge in [0.1, 0.15) is 6.29 Å². The van der Waals surface area contributed by atoms with Crippen LogP contribution < -0.4 is 0 Å². The molecule has 1 saturated heterocycles. The summed E-state index contributed by atoms with van der Waals surface area (Å²) < 4.78 is 0. The van der Waals surface area contributed by atoms with Crippen LogP contribution in [0, 0.1) is 12.8 Å². The number of piperidine rings is 1. The van der Waals surface area contributed by atoms with Crippen molar-refractivity contribution in [1.29, 1.82) is 0 Å². The summed E-state index contributed by atoms with van der Waals surface area (Å²) in [6.07, 6.45) is 5.05. The number of hydrogen-bond acceptors (Lipinski definition) is 3. The maximum absolute atomic E-state index is 10.6. The van der Waals surface area contributed by atoms with Gasteiger partial charge in [0.05, 0.1) is 0 Å². The number of nitrogens with zero attached hydrogens (tertiary/aromatic N) is 2. The van der Waals surface area contributed by atoms with Gasteiger partial charge in [-0.15, -0.1) is 0 Å². The number of hydrogen-bond donors (Lipinski definition) is 0. The second kappa shape index (κ2) is 7.98. The molecule has 0 aromatic carbocycles. The summed E-state index contributed by atoms with van der Waals surface area (Å²) in [5, 5.41) is 0. The molecule has 1 aromatic rings. The number of carbonyl (C=O) groups is 1. The minimum Gasteiger partial charge on any atom is -0.303 e. The summed E-state index contributed by atoms with van der Waals surface area (Å²) in [5.41, 5.74) is 2.32. The highest BCUT2D eigenvalue weighted by Gasteiger charge is 2.18. The van der Waals surface area contributed by atoms with E-state index in [-0.39, 0.29) is 5.92 Å². The minimum atomic E-state index is 0.285. The Morgan fingerprint density at radius 1 is 1.33 bits per heavy atom. The molecule has 1 aliphatic heterocycles. The lowest BCUT2D eigenvalue weighted by Crippen LogP contribution is -2.33. The number of likely N-dealkylation sites (tertiary alicyclic amines) is 1. The normalized spacial score (nSPS) is 16.8. The van der Waals surface area contributed by atoms with Crippen LogP contribution in [0.15, 0.2) is 18.3 Å². The molecule has 0 unspecified atom stereocenters. The molecule has 3 heteroatoms. The van der Waals surface area contributed by atoms with Crippen molar-refractivity contribution < 1.29 is 4.79 Å². The highest BCUT2D eigenvalue weighted by molar-refractivity contribution is 5.53. The molecule has 0 saturated carbocycles. The lowest BCUT2D eigenvalue weighted by Gasteiger charge is -2.29. The van der Waals surface area contributed by atoms with Crippen molar-refractivity contribution in [2.75, 3.05) is 13.1 Å². The van der Waals surface area contributed by atoms with E-state index in [2.05, 4.69) is 16.0 Å². The standard InChI is InChI=1S/C13H18N2O.C2H6/c1-11-2-3-13(8-14-11)9-15-6-4-12(10-16)5-7-15;1-2/h2-3,8,10,12H,4-7,9H2,1H3;1-2H3. The van der Waals surface area contributed by atoms with Gasteiger partial charge in [0.2, 0.25) is 0 Å². The zero-order chi connectivity index (χ0) is 13.4. The molecule has 0 aliphatic carbocycles. The zero-order valence-corrected chi connectivity index (χ0v) is 11.7. The molecule has 0 radical (unpaired) electrons. The number of aryl methyl sites for hydroxylation is 1. The Hall–Kier alpha value is -1.22. The van der Waals surface area contributed by atoms with E-state index in [1.807, 2.05) is 33.0 Å². The van der Waals surface area contributed by atoms with Crippen LogP contribution in [0.25, 0.3) is 0 Å². The lowest BCUT2D eigenvalue weighted by molar-refractivity contribution is -0.112. The lowest BCUT2D eigenvalue weighted by atomic mass is 9.98. The van der Waals surface area contributed by atoms with Crippen molar-refractivity contribution >= 4 is 6.29 Å². The van der Waals surface area contributed by atoms with Gasteiger partial charge in [0, 0.05) is 24.4 Å². The summed E-state index contributed by atoms with van der Waals surface area (Å²) in [5.74, 6) is 0.285. The van der Waals surface area contributed by atoms with Crippen molar-refractivity contribution in [3.8, 4) is 0 Å². The molecule has 0 N–H and O–H groups in total. The Balaban J connectivity index is 0.000000771. The Labute approximate surface area is 110 Å². The van der Waals surface area contributed by atoms with Crippen molar-refractivity contribution in [2.24, 2.45) is 5.92 Å². The Bertz CT molecular complexity index is 340. The first-order valence-electron chi connectivity index (χ1n) is 6.87. The molecule has 0 spiro atoms. The number of pyridine rings is 1. The maximum Gasteiger partial charge on any atom is 0.123 e. The molecule has 0 atom stereocenters. The number of aldehydes is 1. The first-order chi connectivity index (χ1) is 8.78. The fourth-order valence-electron chi connectivity index (χ4n) is 2.10. The van der Waals surface area contributed by atoms with Crippen LogP contribution in [0.4, 0.5) is 0 Å². The van der Waals surface area contributed by atoms with Crippen LogP contribution in [0.2, 0.25) is 0 Å². The van der Waals surface area contributed by atoms with Crippen molar-refractivity contribution in [3.63, 3.8) is 0 Å². The molecular formula is C15H24N2O. The number of rotatable bonds is 3. The Kier molecular flexibility index (Phi) is 6.58. The molecule has 3 nitrogen and oxygen atoms in total. The van der Waals surface area contributed by atoms with E-state index in [1.54, 1.807) is 0 Å². The van der Waals surface area contributed by atoms with E-state index in [0.29, 0.717) is 0 Å². The van der Waals surface area contributed by atoms with Gasteiger partial charge in [-0.05, 0) is 44.5 Å². The van der Waals surface area contributed by atoms with Crippen molar-refractivity contribution in [1.82, 2.24) is 9.88 Å². The molecule has 2 heterocycles. The first-order valence-corrected chi connectivity index (χ1v) is 6.87. The summed E-state index contributed by atoms with van der Waals surface area (Å²) in [6, 6.07) is 4.18. The van der Waals surface area contributed by atoms with Gasteiger partial charge >= 0.3 is 0 Å². The average molecular weight is 248 g/mol. The molecule has 1 aliphatic rings. The third kappa shape index (κ3) is 4.57. The van der Waals surface area contributed by atoms with Crippen LogP contribution >= 0.6 is 0 Å². The summed E-state index contributed by atoms with van der Waals surface area (Å²) in [7, 11) is 0. The second-order valence-corrected chi connectivity index (χ2v) is 4.56. The van der Waals surface area contributed by atoms with Gasteiger partial charge in [0.15, 0.2) is 0 Å². The van der Waals surface area contributed by atoms with E-state index in [0.717, 1.165) is 44.5 Å². The smallest absolute Gasteiger partial charge is 0.123 e. The Morgan fingerprint density at radius 2 is 2.00 bits per heavy atom. The molecule has 0 bridgehead atoms. The van der Waals surface area contributed by atoms with Gasteiger partial charge in [-0.2, -0.15) is 0 Å². The molecule has 1 fully saturated rings. The minimum absolute atomic E-state index is 0.285. The molecule has 0 amide bonds. The van der Waals surface area contributed by atoms with Gasteiger partial charge in [-0.3, -0.25) is 9.88 Å². The fraction of sp³-hybridized carbons (Fsp3) is 0.600. The first kappa shape index (κ1) is 14.8. The number of aromatic nitrogens is 1. The van der Waals surface area contributed by atoms with Crippen LogP contribution in [0.1, 0.15) is 37.9 Å². The van der Waals surface area contributed by atoms with Gasteiger partial charge in [0.25, 0.3) is 0 Å². The monoisotopic (exact) mass is 248 g/mol. The van der Waals surface area contributed by atoms with Crippen molar-refractivity contribution in [2.45, 2.75) is 40.2 Å². The molecule has 1 aromatic heterocycles. The van der Waals surface area contributed by atoms with Crippen LogP contribution in [-0.2, 0) is 11.3 Å². The SMILES string of the molecule is CC.Cc1ccc(CN2CCC(C=O)CC2)cn1. The van der Waals surface area contributed by atoms with E-state index in [1.165, 1.54) is 5.56 Å². The van der Waals surface area contributed by atoms with Gasteiger partial charge in [-0.1, -0.05) is 19.9 Å². The quantitative estimate of drug-likeness (QED) is 0.771. The number of carbonyl (C=O) groups excluding carboxylic acids is 1. The molecule has 100 valence electrons. The zero-order valence-electron chi connectivity index (χ0n) is 11.7. The third-order valence-corrected chi connectivity index (χ3v) is 3.20. The fourth-order valence-corrected chi connectivity index (χ4v) is 2.10.